The molecule has 5 nitrogen and oxygen atoms in total. The summed E-state index contributed by atoms with van der Waals surface area (Å²) in [7, 11) is 2.18. The Balaban J connectivity index is 1.61. The van der Waals surface area contributed by atoms with E-state index in [1.165, 1.54) is 6.42 Å². The third-order valence-corrected chi connectivity index (χ3v) is 5.42. The van der Waals surface area contributed by atoms with Gasteiger partial charge in [-0.05, 0) is 44.6 Å². The molecule has 2 aliphatic heterocycles. The van der Waals surface area contributed by atoms with Crippen LogP contribution in [0, 0.1) is 11.8 Å². The first-order chi connectivity index (χ1) is 11.7. The van der Waals surface area contributed by atoms with Gasteiger partial charge < -0.3 is 19.8 Å². The van der Waals surface area contributed by atoms with Crippen LogP contribution in [0.2, 0.25) is 0 Å². The Hall–Kier alpha value is -1.43. The van der Waals surface area contributed by atoms with Crippen LogP contribution in [0.25, 0.3) is 0 Å². The Morgan fingerprint density at radius 3 is 2.58 bits per heavy atom. The van der Waals surface area contributed by atoms with Crippen LogP contribution < -0.4 is 0 Å². The molecule has 0 aromatic heterocycles. The van der Waals surface area contributed by atoms with Crippen molar-refractivity contribution in [1.29, 1.82) is 0 Å². The van der Waals surface area contributed by atoms with E-state index in [0.717, 1.165) is 44.8 Å². The fraction of sp³-hybridized carbons (Fsp3) is 0.632. The molecule has 5 heteroatoms. The van der Waals surface area contributed by atoms with Gasteiger partial charge >= 0.3 is 0 Å². The minimum absolute atomic E-state index is 0.0900. The van der Waals surface area contributed by atoms with E-state index in [4.69, 9.17) is 0 Å². The molecule has 24 heavy (non-hydrogen) atoms. The lowest BCUT2D eigenvalue weighted by Gasteiger charge is -2.26. The number of aliphatic hydroxyl groups excluding tert-OH is 1. The third kappa shape index (κ3) is 4.15. The first-order valence-electron chi connectivity index (χ1n) is 9.03. The number of carbonyl (C=O) groups excluding carboxylic acids is 1. The molecule has 0 radical (unpaired) electrons. The average Bonchev–Trinajstić information content (AvgIpc) is 2.91. The van der Waals surface area contributed by atoms with E-state index in [2.05, 4.69) is 16.8 Å². The van der Waals surface area contributed by atoms with Gasteiger partial charge in [0.05, 0.1) is 0 Å². The van der Waals surface area contributed by atoms with Crippen molar-refractivity contribution in [2.24, 2.45) is 11.8 Å². The molecular formula is C19H29N3O2. The second-order valence-electron chi connectivity index (χ2n) is 7.24. The lowest BCUT2D eigenvalue weighted by molar-refractivity contribution is 0.0779. The number of nitrogens with zero attached hydrogens (tertiary/aromatic N) is 3. The number of likely N-dealkylation sites (N-methyl/N-ethyl adjacent to an activating group) is 1. The van der Waals surface area contributed by atoms with Crippen LogP contribution in [-0.4, -0.2) is 85.2 Å². The number of amides is 1. The predicted molar refractivity (Wildman–Crippen MR) is 95.0 cm³/mol. The van der Waals surface area contributed by atoms with E-state index in [1.54, 1.807) is 0 Å². The molecule has 0 saturated carbocycles. The van der Waals surface area contributed by atoms with E-state index in [1.807, 2.05) is 35.2 Å². The summed E-state index contributed by atoms with van der Waals surface area (Å²) in [6.45, 7) is 7.03. The second kappa shape index (κ2) is 8.10. The van der Waals surface area contributed by atoms with Crippen molar-refractivity contribution >= 4 is 5.91 Å². The predicted octanol–water partition coefficient (Wildman–Crippen LogP) is 1.00. The first-order valence-corrected chi connectivity index (χ1v) is 9.03. The maximum absolute atomic E-state index is 12.7. The molecule has 1 N–H and O–H groups in total. The minimum atomic E-state index is 0.0900. The van der Waals surface area contributed by atoms with Crippen molar-refractivity contribution in [1.82, 2.24) is 14.7 Å². The summed E-state index contributed by atoms with van der Waals surface area (Å²) in [5.41, 5.74) is 0.742. The van der Waals surface area contributed by atoms with Gasteiger partial charge in [-0.15, -0.1) is 0 Å². The maximum Gasteiger partial charge on any atom is 0.253 e. The summed E-state index contributed by atoms with van der Waals surface area (Å²) in [6, 6.07) is 9.47. The zero-order chi connectivity index (χ0) is 16.9. The van der Waals surface area contributed by atoms with Gasteiger partial charge in [0.1, 0.15) is 0 Å². The Morgan fingerprint density at radius 2 is 1.83 bits per heavy atom. The van der Waals surface area contributed by atoms with Gasteiger partial charge in [-0.25, -0.2) is 0 Å². The molecule has 2 fully saturated rings. The van der Waals surface area contributed by atoms with Gasteiger partial charge in [0.25, 0.3) is 5.91 Å². The van der Waals surface area contributed by atoms with E-state index >= 15 is 0 Å². The summed E-state index contributed by atoms with van der Waals surface area (Å²) in [4.78, 5) is 19.5. The first kappa shape index (κ1) is 17.4. The molecule has 1 amide bonds. The molecular weight excluding hydrogens is 302 g/mol. The Bertz CT molecular complexity index is 537. The molecule has 0 spiro atoms. The Morgan fingerprint density at radius 1 is 1.08 bits per heavy atom. The summed E-state index contributed by atoms with van der Waals surface area (Å²) in [5.74, 6) is 0.650. The van der Waals surface area contributed by atoms with Crippen molar-refractivity contribution in [3.8, 4) is 0 Å². The van der Waals surface area contributed by atoms with Crippen molar-refractivity contribution in [3.05, 3.63) is 35.9 Å². The van der Waals surface area contributed by atoms with Gasteiger partial charge in [0.15, 0.2) is 0 Å². The number of carbonyl (C=O) groups is 1. The summed E-state index contributed by atoms with van der Waals surface area (Å²) < 4.78 is 0. The number of rotatable bonds is 4. The van der Waals surface area contributed by atoms with Gasteiger partial charge in [-0.3, -0.25) is 4.79 Å². The lowest BCUT2D eigenvalue weighted by atomic mass is 9.96. The van der Waals surface area contributed by atoms with Crippen LogP contribution in [0.3, 0.4) is 0 Å². The third-order valence-electron chi connectivity index (χ3n) is 5.42. The van der Waals surface area contributed by atoms with Crippen molar-refractivity contribution in [3.63, 3.8) is 0 Å². The molecule has 1 aromatic carbocycles. The number of hydrogen-bond donors (Lipinski definition) is 1. The maximum atomic E-state index is 12.7. The standard InChI is InChI=1S/C19H29N3O2/c1-20-8-5-9-21(11-10-20)12-17-13-22(14-18(17)15-23)19(24)16-6-3-2-4-7-16/h2-4,6-7,17-18,23H,5,8-15H2,1H3/t17-,18-/m1/s1. The smallest absolute Gasteiger partial charge is 0.253 e. The van der Waals surface area contributed by atoms with Crippen LogP contribution in [0.5, 0.6) is 0 Å². The molecule has 2 saturated heterocycles. The molecule has 1 aromatic rings. The van der Waals surface area contributed by atoms with Gasteiger partial charge in [0.2, 0.25) is 0 Å². The molecule has 2 atom stereocenters. The monoisotopic (exact) mass is 331 g/mol. The van der Waals surface area contributed by atoms with E-state index in [0.29, 0.717) is 12.5 Å². The van der Waals surface area contributed by atoms with E-state index < -0.39 is 0 Å². The fourth-order valence-corrected chi connectivity index (χ4v) is 3.90. The summed E-state index contributed by atoms with van der Waals surface area (Å²) in [6.07, 6.45) is 1.19. The van der Waals surface area contributed by atoms with E-state index in [-0.39, 0.29) is 18.4 Å². The molecule has 0 unspecified atom stereocenters. The fourth-order valence-electron chi connectivity index (χ4n) is 3.90. The largest absolute Gasteiger partial charge is 0.396 e. The van der Waals surface area contributed by atoms with E-state index in [9.17, 15) is 9.90 Å². The molecule has 2 heterocycles. The SMILES string of the molecule is CN1CCCN(C[C@@H]2CN(C(=O)c3ccccc3)C[C@@H]2CO)CC1. The zero-order valence-corrected chi connectivity index (χ0v) is 14.6. The quantitative estimate of drug-likeness (QED) is 0.894. The molecule has 2 aliphatic rings. The number of hydrogen-bond acceptors (Lipinski definition) is 4. The summed E-state index contributed by atoms with van der Waals surface area (Å²) in [5, 5.41) is 9.77. The molecule has 0 aliphatic carbocycles. The molecule has 132 valence electrons. The van der Waals surface area contributed by atoms with Crippen LogP contribution in [0.15, 0.2) is 30.3 Å². The van der Waals surface area contributed by atoms with Gasteiger partial charge in [-0.2, -0.15) is 0 Å². The van der Waals surface area contributed by atoms with Gasteiger partial charge in [0, 0.05) is 50.8 Å². The van der Waals surface area contributed by atoms with Crippen LogP contribution in [0.1, 0.15) is 16.8 Å². The van der Waals surface area contributed by atoms with Crippen molar-refractivity contribution < 1.29 is 9.90 Å². The zero-order valence-electron chi connectivity index (χ0n) is 14.6. The second-order valence-corrected chi connectivity index (χ2v) is 7.24. The highest BCUT2D eigenvalue weighted by Gasteiger charge is 2.36. The van der Waals surface area contributed by atoms with Gasteiger partial charge in [-0.1, -0.05) is 18.2 Å². The van der Waals surface area contributed by atoms with Crippen LogP contribution in [0.4, 0.5) is 0 Å². The highest BCUT2D eigenvalue weighted by molar-refractivity contribution is 5.94. The number of benzene rings is 1. The highest BCUT2D eigenvalue weighted by Crippen LogP contribution is 2.26. The molecule has 0 bridgehead atoms. The summed E-state index contributed by atoms with van der Waals surface area (Å²) >= 11 is 0. The van der Waals surface area contributed by atoms with Crippen molar-refractivity contribution in [2.45, 2.75) is 6.42 Å². The topological polar surface area (TPSA) is 47.0 Å². The average molecular weight is 331 g/mol. The number of likely N-dealkylation sites (tertiary alicyclic amines) is 1. The highest BCUT2D eigenvalue weighted by atomic mass is 16.3. The number of aliphatic hydroxyl groups is 1. The molecule has 3 rings (SSSR count). The normalized spacial score (nSPS) is 26.5. The minimum Gasteiger partial charge on any atom is -0.396 e. The lowest BCUT2D eigenvalue weighted by Crippen LogP contribution is -2.36. The van der Waals surface area contributed by atoms with Crippen molar-refractivity contribution in [2.75, 3.05) is 59.5 Å². The van der Waals surface area contributed by atoms with Crippen LogP contribution in [-0.2, 0) is 0 Å². The Kier molecular flexibility index (Phi) is 5.87. The Labute approximate surface area is 144 Å². The van der Waals surface area contributed by atoms with Crippen LogP contribution >= 0.6 is 0 Å².